The molecule has 0 unspecified atom stereocenters. The van der Waals surface area contributed by atoms with Crippen LogP contribution in [0, 0.1) is 16.7 Å². The molecule has 110 valence electrons. The lowest BCUT2D eigenvalue weighted by atomic mass is 9.80. The van der Waals surface area contributed by atoms with Crippen LogP contribution in [0.1, 0.15) is 25.3 Å². The minimum atomic E-state index is 0.233. The van der Waals surface area contributed by atoms with Gasteiger partial charge in [0, 0.05) is 6.54 Å². The summed E-state index contributed by atoms with van der Waals surface area (Å²) >= 11 is 0. The number of nitrogens with zero attached hydrogens (tertiary/aromatic N) is 4. The van der Waals surface area contributed by atoms with Crippen molar-refractivity contribution in [2.24, 2.45) is 5.41 Å². The van der Waals surface area contributed by atoms with Crippen LogP contribution in [0.2, 0.25) is 0 Å². The fourth-order valence-electron chi connectivity index (χ4n) is 3.08. The molecule has 0 aliphatic carbocycles. The Kier molecular flexibility index (Phi) is 3.34. The number of hydrogen-bond acceptors (Lipinski definition) is 4. The van der Waals surface area contributed by atoms with E-state index in [0.29, 0.717) is 11.5 Å². The highest BCUT2D eigenvalue weighted by molar-refractivity contribution is 5.79. The number of imidazole rings is 1. The first-order chi connectivity index (χ1) is 10.0. The van der Waals surface area contributed by atoms with E-state index in [4.69, 9.17) is 11.0 Å². The fourth-order valence-corrected chi connectivity index (χ4v) is 3.08. The Morgan fingerprint density at radius 1 is 1.38 bits per heavy atom. The van der Waals surface area contributed by atoms with Crippen molar-refractivity contribution in [2.75, 3.05) is 25.9 Å². The van der Waals surface area contributed by atoms with E-state index in [2.05, 4.69) is 34.5 Å². The second-order valence-corrected chi connectivity index (χ2v) is 6.49. The molecule has 2 heterocycles. The minimum Gasteiger partial charge on any atom is -0.369 e. The Morgan fingerprint density at radius 3 is 2.76 bits per heavy atom. The zero-order chi connectivity index (χ0) is 15.0. The highest BCUT2D eigenvalue weighted by Gasteiger charge is 2.30. The second-order valence-electron chi connectivity index (χ2n) is 6.49. The standard InChI is InChI=1S/C16H21N5/c1-16(5-7-20(2)8-6-16)11-21-14-9-12(10-17)3-4-13(14)19-15(21)18/h3-4,9H,5-8,11H2,1-2H3,(H2,18,19). The third-order valence-electron chi connectivity index (χ3n) is 4.64. The maximum atomic E-state index is 9.08. The molecule has 0 amide bonds. The predicted molar refractivity (Wildman–Crippen MR) is 83.7 cm³/mol. The second kappa shape index (κ2) is 5.05. The van der Waals surface area contributed by atoms with Gasteiger partial charge in [-0.05, 0) is 56.6 Å². The lowest BCUT2D eigenvalue weighted by Gasteiger charge is -2.38. The fraction of sp³-hybridized carbons (Fsp3) is 0.500. The highest BCUT2D eigenvalue weighted by Crippen LogP contribution is 2.34. The van der Waals surface area contributed by atoms with Crippen molar-refractivity contribution in [2.45, 2.75) is 26.3 Å². The van der Waals surface area contributed by atoms with E-state index in [1.807, 2.05) is 12.1 Å². The van der Waals surface area contributed by atoms with Crippen LogP contribution in [0.4, 0.5) is 5.95 Å². The molecule has 1 aromatic carbocycles. The van der Waals surface area contributed by atoms with Crippen molar-refractivity contribution in [3.63, 3.8) is 0 Å². The van der Waals surface area contributed by atoms with Crippen LogP contribution in [0.15, 0.2) is 18.2 Å². The van der Waals surface area contributed by atoms with Gasteiger partial charge in [-0.25, -0.2) is 4.98 Å². The smallest absolute Gasteiger partial charge is 0.201 e. The molecule has 2 aromatic rings. The van der Waals surface area contributed by atoms with E-state index in [1.54, 1.807) is 6.07 Å². The molecule has 0 radical (unpaired) electrons. The zero-order valence-corrected chi connectivity index (χ0v) is 12.6. The number of nitrogens with two attached hydrogens (primary N) is 1. The summed E-state index contributed by atoms with van der Waals surface area (Å²) in [5.41, 5.74) is 8.82. The van der Waals surface area contributed by atoms with Gasteiger partial charge in [-0.2, -0.15) is 5.26 Å². The Hall–Kier alpha value is -2.06. The van der Waals surface area contributed by atoms with Gasteiger partial charge in [-0.1, -0.05) is 6.92 Å². The number of anilines is 1. The summed E-state index contributed by atoms with van der Waals surface area (Å²) in [4.78, 5) is 6.79. The number of rotatable bonds is 2. The third-order valence-corrected chi connectivity index (χ3v) is 4.64. The summed E-state index contributed by atoms with van der Waals surface area (Å²) < 4.78 is 2.07. The van der Waals surface area contributed by atoms with E-state index in [9.17, 15) is 0 Å². The quantitative estimate of drug-likeness (QED) is 0.917. The molecular weight excluding hydrogens is 262 g/mol. The van der Waals surface area contributed by atoms with Gasteiger partial charge in [0.1, 0.15) is 0 Å². The summed E-state index contributed by atoms with van der Waals surface area (Å²) in [6.45, 7) is 5.41. The van der Waals surface area contributed by atoms with E-state index >= 15 is 0 Å². The molecule has 1 aliphatic rings. The van der Waals surface area contributed by atoms with Crippen molar-refractivity contribution in [3.05, 3.63) is 23.8 Å². The summed E-state index contributed by atoms with van der Waals surface area (Å²) in [7, 11) is 2.17. The van der Waals surface area contributed by atoms with E-state index in [-0.39, 0.29) is 5.41 Å². The van der Waals surface area contributed by atoms with Crippen molar-refractivity contribution in [1.29, 1.82) is 5.26 Å². The summed E-state index contributed by atoms with van der Waals surface area (Å²) in [5.74, 6) is 0.542. The average molecular weight is 283 g/mol. The van der Waals surface area contributed by atoms with E-state index in [1.165, 1.54) is 0 Å². The number of nitriles is 1. The third kappa shape index (κ3) is 2.59. The molecule has 0 saturated carbocycles. The number of nitrogen functional groups attached to an aromatic ring is 1. The average Bonchev–Trinajstić information content (AvgIpc) is 2.78. The van der Waals surface area contributed by atoms with Gasteiger partial charge in [-0.3, -0.25) is 0 Å². The van der Waals surface area contributed by atoms with Crippen LogP contribution in [0.3, 0.4) is 0 Å². The number of piperidine rings is 1. The van der Waals surface area contributed by atoms with Gasteiger partial charge in [0.2, 0.25) is 5.95 Å². The van der Waals surface area contributed by atoms with E-state index in [0.717, 1.165) is 43.5 Å². The first-order valence-corrected chi connectivity index (χ1v) is 7.35. The van der Waals surface area contributed by atoms with Gasteiger partial charge in [-0.15, -0.1) is 0 Å². The molecule has 2 N–H and O–H groups in total. The van der Waals surface area contributed by atoms with Gasteiger partial charge < -0.3 is 15.2 Å². The molecule has 1 fully saturated rings. The molecular formula is C16H21N5. The normalized spacial score (nSPS) is 18.7. The number of likely N-dealkylation sites (tertiary alicyclic amines) is 1. The van der Waals surface area contributed by atoms with Crippen molar-refractivity contribution in [3.8, 4) is 6.07 Å². The minimum absolute atomic E-state index is 0.233. The molecule has 5 heteroatoms. The Morgan fingerprint density at radius 2 is 2.10 bits per heavy atom. The predicted octanol–water partition coefficient (Wildman–Crippen LogP) is 2.22. The van der Waals surface area contributed by atoms with Crippen molar-refractivity contribution >= 4 is 17.0 Å². The van der Waals surface area contributed by atoms with Crippen LogP contribution in [0.25, 0.3) is 11.0 Å². The maximum absolute atomic E-state index is 9.08. The molecule has 0 spiro atoms. The summed E-state index contributed by atoms with van der Waals surface area (Å²) in [6, 6.07) is 7.73. The van der Waals surface area contributed by atoms with Crippen LogP contribution < -0.4 is 5.73 Å². The lowest BCUT2D eigenvalue weighted by Crippen LogP contribution is -2.38. The first kappa shape index (κ1) is 13.9. The number of aromatic nitrogens is 2. The monoisotopic (exact) mass is 283 g/mol. The van der Waals surface area contributed by atoms with Crippen LogP contribution >= 0.6 is 0 Å². The van der Waals surface area contributed by atoms with Crippen molar-refractivity contribution < 1.29 is 0 Å². The molecule has 0 atom stereocenters. The molecule has 0 bridgehead atoms. The van der Waals surface area contributed by atoms with Gasteiger partial charge in [0.15, 0.2) is 0 Å². The van der Waals surface area contributed by atoms with Crippen LogP contribution in [-0.2, 0) is 6.54 Å². The van der Waals surface area contributed by atoms with Gasteiger partial charge >= 0.3 is 0 Å². The molecule has 1 saturated heterocycles. The molecule has 5 nitrogen and oxygen atoms in total. The Labute approximate surface area is 125 Å². The number of benzene rings is 1. The molecule has 3 rings (SSSR count). The largest absolute Gasteiger partial charge is 0.369 e. The molecule has 21 heavy (non-hydrogen) atoms. The number of hydrogen-bond donors (Lipinski definition) is 1. The zero-order valence-electron chi connectivity index (χ0n) is 12.6. The van der Waals surface area contributed by atoms with E-state index < -0.39 is 0 Å². The SMILES string of the molecule is CN1CCC(C)(Cn2c(N)nc3ccc(C#N)cc32)CC1. The highest BCUT2D eigenvalue weighted by atomic mass is 15.2. The van der Waals surface area contributed by atoms with Crippen LogP contribution in [-0.4, -0.2) is 34.6 Å². The van der Waals surface area contributed by atoms with Gasteiger partial charge in [0.05, 0.1) is 22.7 Å². The summed E-state index contributed by atoms with van der Waals surface area (Å²) in [5, 5.41) is 9.08. The topological polar surface area (TPSA) is 70.9 Å². The maximum Gasteiger partial charge on any atom is 0.201 e. The molecule has 1 aliphatic heterocycles. The number of fused-ring (bicyclic) bond motifs is 1. The van der Waals surface area contributed by atoms with Gasteiger partial charge in [0.25, 0.3) is 0 Å². The Bertz CT molecular complexity index is 701. The molecule has 1 aromatic heterocycles. The Balaban J connectivity index is 1.96. The lowest BCUT2D eigenvalue weighted by molar-refractivity contribution is 0.122. The summed E-state index contributed by atoms with van der Waals surface area (Å²) in [6.07, 6.45) is 2.31. The van der Waals surface area contributed by atoms with Crippen molar-refractivity contribution in [1.82, 2.24) is 14.5 Å². The first-order valence-electron chi connectivity index (χ1n) is 7.35. The van der Waals surface area contributed by atoms with Crippen LogP contribution in [0.5, 0.6) is 0 Å².